The summed E-state index contributed by atoms with van der Waals surface area (Å²) < 4.78 is 0. The van der Waals surface area contributed by atoms with E-state index < -0.39 is 0 Å². The minimum absolute atomic E-state index is 0.191. The highest BCUT2D eigenvalue weighted by molar-refractivity contribution is 5.96. The van der Waals surface area contributed by atoms with Gasteiger partial charge in [0.25, 0.3) is 0 Å². The van der Waals surface area contributed by atoms with Crippen LogP contribution in [-0.2, 0) is 0 Å². The highest BCUT2D eigenvalue weighted by Crippen LogP contribution is 2.31. The summed E-state index contributed by atoms with van der Waals surface area (Å²) in [5, 5.41) is 5.73. The molecule has 0 saturated carbocycles. The Bertz CT molecular complexity index is 1550. The molecule has 0 bridgehead atoms. The number of rotatable bonds is 6. The lowest BCUT2D eigenvalue weighted by molar-refractivity contribution is 0.849. The molecule has 0 fully saturated rings. The van der Waals surface area contributed by atoms with Crippen molar-refractivity contribution in [3.63, 3.8) is 0 Å². The van der Waals surface area contributed by atoms with E-state index in [-0.39, 0.29) is 5.92 Å². The van der Waals surface area contributed by atoms with Crippen molar-refractivity contribution in [2.75, 3.05) is 11.9 Å². The first-order chi connectivity index (χ1) is 17.4. The Morgan fingerprint density at radius 3 is 2.00 bits per heavy atom. The van der Waals surface area contributed by atoms with Crippen LogP contribution in [0, 0.1) is 0 Å². The first kappa shape index (κ1) is 21.0. The van der Waals surface area contributed by atoms with Gasteiger partial charge in [0.05, 0.1) is 11.0 Å². The van der Waals surface area contributed by atoms with Crippen LogP contribution in [0.5, 0.6) is 0 Å². The summed E-state index contributed by atoms with van der Waals surface area (Å²) in [5.74, 6) is 1.72. The van der Waals surface area contributed by atoms with E-state index in [1.54, 1.807) is 0 Å². The van der Waals surface area contributed by atoms with Crippen LogP contribution in [0.3, 0.4) is 0 Å². The molecule has 4 aromatic carbocycles. The predicted octanol–water partition coefficient (Wildman–Crippen LogP) is 7.09. The molecule has 2 heterocycles. The Kier molecular flexibility index (Phi) is 5.61. The van der Waals surface area contributed by atoms with Crippen molar-refractivity contribution >= 4 is 27.6 Å². The largest absolute Gasteiger partial charge is 0.368 e. The van der Waals surface area contributed by atoms with E-state index in [0.717, 1.165) is 33.2 Å². The number of fused-ring (bicyclic) bond motifs is 2. The van der Waals surface area contributed by atoms with Gasteiger partial charge in [-0.3, -0.25) is 4.98 Å². The average molecular weight is 453 g/mol. The van der Waals surface area contributed by atoms with Crippen molar-refractivity contribution in [1.29, 1.82) is 0 Å². The summed E-state index contributed by atoms with van der Waals surface area (Å²) in [7, 11) is 0. The third-order valence-electron chi connectivity index (χ3n) is 6.37. The topological polar surface area (TPSA) is 50.7 Å². The Balaban J connectivity index is 1.43. The number of aromatic nitrogens is 3. The number of hydrogen-bond donors (Lipinski definition) is 1. The lowest BCUT2D eigenvalue weighted by atomic mass is 9.91. The van der Waals surface area contributed by atoms with Gasteiger partial charge >= 0.3 is 0 Å². The average Bonchev–Trinajstić information content (AvgIpc) is 2.94. The van der Waals surface area contributed by atoms with Crippen LogP contribution < -0.4 is 5.32 Å². The van der Waals surface area contributed by atoms with E-state index in [1.807, 2.05) is 42.6 Å². The van der Waals surface area contributed by atoms with Crippen molar-refractivity contribution in [2.24, 2.45) is 0 Å². The summed E-state index contributed by atoms with van der Waals surface area (Å²) in [6, 6.07) is 39.5. The monoisotopic (exact) mass is 452 g/mol. The molecule has 6 aromatic rings. The molecule has 4 nitrogen and oxygen atoms in total. The van der Waals surface area contributed by atoms with Gasteiger partial charge in [0.15, 0.2) is 5.82 Å². The Hall–Kier alpha value is -4.57. The van der Waals surface area contributed by atoms with Gasteiger partial charge < -0.3 is 5.32 Å². The van der Waals surface area contributed by atoms with Crippen LogP contribution in [0.25, 0.3) is 33.2 Å². The van der Waals surface area contributed by atoms with Crippen molar-refractivity contribution in [3.8, 4) is 11.4 Å². The van der Waals surface area contributed by atoms with Gasteiger partial charge in [-0.1, -0.05) is 91.0 Å². The molecule has 35 heavy (non-hydrogen) atoms. The van der Waals surface area contributed by atoms with Crippen molar-refractivity contribution in [3.05, 3.63) is 133 Å². The smallest absolute Gasteiger partial charge is 0.162 e. The zero-order chi connectivity index (χ0) is 23.5. The second kappa shape index (κ2) is 9.35. The van der Waals surface area contributed by atoms with E-state index in [4.69, 9.17) is 9.97 Å². The molecule has 0 aliphatic rings. The molecular weight excluding hydrogens is 428 g/mol. The third-order valence-corrected chi connectivity index (χ3v) is 6.37. The zero-order valence-electron chi connectivity index (χ0n) is 19.2. The maximum atomic E-state index is 5.03. The highest BCUT2D eigenvalue weighted by Gasteiger charge is 2.16. The molecule has 0 aliphatic carbocycles. The lowest BCUT2D eigenvalue weighted by Gasteiger charge is -2.20. The number of para-hydroxylation sites is 1. The Morgan fingerprint density at radius 2 is 1.23 bits per heavy atom. The van der Waals surface area contributed by atoms with Crippen LogP contribution in [0.2, 0.25) is 0 Å². The van der Waals surface area contributed by atoms with Gasteiger partial charge in [0.2, 0.25) is 0 Å². The summed E-state index contributed by atoms with van der Waals surface area (Å²) in [5.41, 5.74) is 5.36. The van der Waals surface area contributed by atoms with Crippen LogP contribution >= 0.6 is 0 Å². The fraction of sp³-hybridized carbons (Fsp3) is 0.0645. The summed E-state index contributed by atoms with van der Waals surface area (Å²) in [6.45, 7) is 0.714. The lowest BCUT2D eigenvalue weighted by Crippen LogP contribution is -2.15. The number of benzene rings is 4. The molecule has 0 saturated heterocycles. The molecular formula is C31H24N4. The van der Waals surface area contributed by atoms with Crippen LogP contribution in [0.4, 0.5) is 5.82 Å². The molecule has 2 aromatic heterocycles. The van der Waals surface area contributed by atoms with Gasteiger partial charge in [-0.25, -0.2) is 9.97 Å². The van der Waals surface area contributed by atoms with Crippen molar-refractivity contribution in [2.45, 2.75) is 5.92 Å². The molecule has 0 amide bonds. The van der Waals surface area contributed by atoms with E-state index in [2.05, 4.69) is 89.2 Å². The summed E-state index contributed by atoms with van der Waals surface area (Å²) in [4.78, 5) is 14.5. The second-order valence-corrected chi connectivity index (χ2v) is 8.54. The normalized spacial score (nSPS) is 11.2. The highest BCUT2D eigenvalue weighted by atomic mass is 15.0. The SMILES string of the molecule is c1ccc(C(CNc2nc(-c3cccc4ncccc34)nc3ccccc23)c2ccccc2)cc1. The van der Waals surface area contributed by atoms with Gasteiger partial charge in [-0.05, 0) is 35.4 Å². The first-order valence-electron chi connectivity index (χ1n) is 11.8. The molecule has 1 N–H and O–H groups in total. The number of anilines is 1. The van der Waals surface area contributed by atoms with Gasteiger partial charge in [0, 0.05) is 35.0 Å². The molecule has 6 rings (SSSR count). The van der Waals surface area contributed by atoms with E-state index in [0.29, 0.717) is 12.4 Å². The Morgan fingerprint density at radius 1 is 0.571 bits per heavy atom. The van der Waals surface area contributed by atoms with Crippen LogP contribution in [-0.4, -0.2) is 21.5 Å². The quantitative estimate of drug-likeness (QED) is 0.293. The number of pyridine rings is 1. The number of nitrogens with zero attached hydrogens (tertiary/aromatic N) is 3. The molecule has 0 atom stereocenters. The second-order valence-electron chi connectivity index (χ2n) is 8.54. The minimum Gasteiger partial charge on any atom is -0.368 e. The van der Waals surface area contributed by atoms with Gasteiger partial charge in [-0.15, -0.1) is 0 Å². The summed E-state index contributed by atoms with van der Waals surface area (Å²) >= 11 is 0. The molecule has 0 aliphatic heterocycles. The van der Waals surface area contributed by atoms with Crippen LogP contribution in [0.1, 0.15) is 17.0 Å². The maximum absolute atomic E-state index is 5.03. The van der Waals surface area contributed by atoms with Crippen molar-refractivity contribution in [1.82, 2.24) is 15.0 Å². The molecule has 4 heteroatoms. The molecule has 0 spiro atoms. The number of hydrogen-bond acceptors (Lipinski definition) is 4. The van der Waals surface area contributed by atoms with Crippen LogP contribution in [0.15, 0.2) is 121 Å². The maximum Gasteiger partial charge on any atom is 0.162 e. The molecule has 0 radical (unpaired) electrons. The van der Waals surface area contributed by atoms with E-state index in [1.165, 1.54) is 11.1 Å². The molecule has 168 valence electrons. The van der Waals surface area contributed by atoms with Crippen molar-refractivity contribution < 1.29 is 0 Å². The van der Waals surface area contributed by atoms with E-state index >= 15 is 0 Å². The van der Waals surface area contributed by atoms with E-state index in [9.17, 15) is 0 Å². The Labute approximate surface area is 204 Å². The minimum atomic E-state index is 0.191. The fourth-order valence-corrected chi connectivity index (χ4v) is 4.63. The van der Waals surface area contributed by atoms with Gasteiger partial charge in [0.1, 0.15) is 5.82 Å². The fourth-order valence-electron chi connectivity index (χ4n) is 4.63. The molecule has 0 unspecified atom stereocenters. The first-order valence-corrected chi connectivity index (χ1v) is 11.8. The zero-order valence-corrected chi connectivity index (χ0v) is 19.2. The third kappa shape index (κ3) is 4.22. The summed E-state index contributed by atoms with van der Waals surface area (Å²) in [6.07, 6.45) is 1.81. The van der Waals surface area contributed by atoms with Gasteiger partial charge in [-0.2, -0.15) is 0 Å². The number of nitrogens with one attached hydrogen (secondary N) is 1. The standard InChI is InChI=1S/C31H24N4/c1-3-11-22(12-4-1)27(23-13-5-2-6-14-23)21-33-30-26-15-7-8-18-29(26)34-31(35-30)25-16-9-19-28-24(25)17-10-20-32-28/h1-20,27H,21H2,(H,33,34,35). The predicted molar refractivity (Wildman–Crippen MR) is 143 cm³/mol.